The Labute approximate surface area is 151 Å². The van der Waals surface area contributed by atoms with E-state index in [9.17, 15) is 4.79 Å². The molecule has 0 aromatic heterocycles. The molecule has 3 heteroatoms. The molecule has 1 aromatic carbocycles. The zero-order chi connectivity index (χ0) is 18.4. The molecule has 2 rings (SSSR count). The number of hydrogen-bond donors (Lipinski definition) is 0. The maximum atomic E-state index is 11.6. The average molecular weight is 342 g/mol. The average Bonchev–Trinajstić information content (AvgIpc) is 2.98. The van der Waals surface area contributed by atoms with Crippen LogP contribution in [-0.2, 0) is 14.3 Å². The molecular weight excluding hydrogens is 312 g/mol. The van der Waals surface area contributed by atoms with Gasteiger partial charge in [0.1, 0.15) is 6.10 Å². The van der Waals surface area contributed by atoms with E-state index in [1.54, 1.807) is 7.11 Å². The number of ether oxygens (including phenoxy) is 2. The van der Waals surface area contributed by atoms with Gasteiger partial charge in [-0.1, -0.05) is 48.1 Å². The third-order valence-corrected chi connectivity index (χ3v) is 5.02. The van der Waals surface area contributed by atoms with Crippen LogP contribution in [-0.4, -0.2) is 24.8 Å². The molecule has 0 aliphatic heterocycles. The van der Waals surface area contributed by atoms with Crippen molar-refractivity contribution in [3.63, 3.8) is 0 Å². The van der Waals surface area contributed by atoms with Crippen molar-refractivity contribution in [3.05, 3.63) is 53.6 Å². The Morgan fingerprint density at radius 2 is 1.92 bits per heavy atom. The lowest BCUT2D eigenvalue weighted by Crippen LogP contribution is -2.43. The molecule has 0 radical (unpaired) electrons. The third-order valence-electron chi connectivity index (χ3n) is 5.02. The smallest absolute Gasteiger partial charge is 0.302 e. The number of allylic oxidation sites excluding steroid dienone is 2. The van der Waals surface area contributed by atoms with E-state index in [1.807, 2.05) is 18.2 Å². The van der Waals surface area contributed by atoms with E-state index in [2.05, 4.69) is 45.1 Å². The molecule has 0 saturated heterocycles. The van der Waals surface area contributed by atoms with Gasteiger partial charge in [-0.25, -0.2) is 0 Å². The number of benzene rings is 1. The summed E-state index contributed by atoms with van der Waals surface area (Å²) in [5, 5.41) is 0. The van der Waals surface area contributed by atoms with Gasteiger partial charge in [-0.2, -0.15) is 0 Å². The summed E-state index contributed by atoms with van der Waals surface area (Å²) in [5.74, 6) is -0.213. The minimum absolute atomic E-state index is 0.0226. The zero-order valence-corrected chi connectivity index (χ0v) is 16.0. The standard InChI is InChI=1S/C22H30O3/c1-16(2)10-9-15-22(4,24-5)21-19(18-11-7-6-8-12-18)13-14-20(21)25-17(3)23/h6-8,10-13,20-21H,9,14-15H2,1-5H3/t20-,21-,22+/m1/s1. The van der Waals surface area contributed by atoms with E-state index in [4.69, 9.17) is 9.47 Å². The minimum atomic E-state index is -0.399. The van der Waals surface area contributed by atoms with Crippen molar-refractivity contribution in [3.8, 4) is 0 Å². The summed E-state index contributed by atoms with van der Waals surface area (Å²) in [6, 6.07) is 10.3. The fourth-order valence-electron chi connectivity index (χ4n) is 3.72. The first kappa shape index (κ1) is 19.5. The van der Waals surface area contributed by atoms with Gasteiger partial charge in [0.05, 0.1) is 11.5 Å². The summed E-state index contributed by atoms with van der Waals surface area (Å²) in [6.45, 7) is 7.83. The molecule has 0 bridgehead atoms. The van der Waals surface area contributed by atoms with Crippen LogP contribution in [0.4, 0.5) is 0 Å². The topological polar surface area (TPSA) is 35.5 Å². The zero-order valence-electron chi connectivity index (χ0n) is 16.0. The normalized spacial score (nSPS) is 22.0. The summed E-state index contributed by atoms with van der Waals surface area (Å²) in [5.41, 5.74) is 3.30. The van der Waals surface area contributed by atoms with Crippen LogP contribution < -0.4 is 0 Å². The highest BCUT2D eigenvalue weighted by Gasteiger charge is 2.45. The van der Waals surface area contributed by atoms with Gasteiger partial charge in [0.15, 0.2) is 0 Å². The molecule has 0 fully saturated rings. The Morgan fingerprint density at radius 3 is 2.48 bits per heavy atom. The summed E-state index contributed by atoms with van der Waals surface area (Å²) < 4.78 is 11.7. The van der Waals surface area contributed by atoms with Crippen LogP contribution in [0.25, 0.3) is 5.57 Å². The Hall–Kier alpha value is -1.87. The summed E-state index contributed by atoms with van der Waals surface area (Å²) in [6.07, 6.45) is 6.81. The number of hydrogen-bond acceptors (Lipinski definition) is 3. The van der Waals surface area contributed by atoms with Crippen molar-refractivity contribution < 1.29 is 14.3 Å². The summed E-state index contributed by atoms with van der Waals surface area (Å²) in [7, 11) is 1.76. The molecule has 0 unspecified atom stereocenters. The Kier molecular flexibility index (Phi) is 6.60. The molecular formula is C22H30O3. The van der Waals surface area contributed by atoms with Crippen LogP contribution in [0.15, 0.2) is 48.1 Å². The molecule has 3 atom stereocenters. The molecule has 0 spiro atoms. The van der Waals surface area contributed by atoms with Crippen molar-refractivity contribution in [1.82, 2.24) is 0 Å². The first-order valence-electron chi connectivity index (χ1n) is 8.98. The molecule has 0 heterocycles. The van der Waals surface area contributed by atoms with Crippen LogP contribution in [0, 0.1) is 5.92 Å². The van der Waals surface area contributed by atoms with E-state index in [-0.39, 0.29) is 18.0 Å². The van der Waals surface area contributed by atoms with Crippen molar-refractivity contribution in [2.24, 2.45) is 5.92 Å². The van der Waals surface area contributed by atoms with Crippen LogP contribution in [0.1, 0.15) is 52.5 Å². The van der Waals surface area contributed by atoms with Crippen LogP contribution in [0.3, 0.4) is 0 Å². The Balaban J connectivity index is 2.34. The third kappa shape index (κ3) is 4.82. The second-order valence-corrected chi connectivity index (χ2v) is 7.22. The molecule has 0 N–H and O–H groups in total. The maximum absolute atomic E-state index is 11.6. The lowest BCUT2D eigenvalue weighted by molar-refractivity contribution is -0.153. The van der Waals surface area contributed by atoms with Crippen LogP contribution in [0.5, 0.6) is 0 Å². The molecule has 0 saturated carbocycles. The number of carbonyl (C=O) groups is 1. The van der Waals surface area contributed by atoms with E-state index in [0.29, 0.717) is 0 Å². The van der Waals surface area contributed by atoms with Gasteiger partial charge in [-0.3, -0.25) is 4.79 Å². The van der Waals surface area contributed by atoms with E-state index >= 15 is 0 Å². The van der Waals surface area contributed by atoms with Gasteiger partial charge >= 0.3 is 5.97 Å². The lowest BCUT2D eigenvalue weighted by Gasteiger charge is -2.39. The summed E-state index contributed by atoms with van der Waals surface area (Å²) >= 11 is 0. The largest absolute Gasteiger partial charge is 0.461 e. The van der Waals surface area contributed by atoms with Gasteiger partial charge in [0, 0.05) is 20.5 Å². The fraction of sp³-hybridized carbons (Fsp3) is 0.500. The summed E-state index contributed by atoms with van der Waals surface area (Å²) in [4.78, 5) is 11.6. The lowest BCUT2D eigenvalue weighted by atomic mass is 9.77. The first-order chi connectivity index (χ1) is 11.9. The quantitative estimate of drug-likeness (QED) is 0.506. The fourth-order valence-corrected chi connectivity index (χ4v) is 3.72. The Morgan fingerprint density at radius 1 is 1.24 bits per heavy atom. The van der Waals surface area contributed by atoms with Gasteiger partial charge in [0.2, 0.25) is 0 Å². The molecule has 136 valence electrons. The van der Waals surface area contributed by atoms with Crippen molar-refractivity contribution in [2.45, 2.75) is 58.7 Å². The highest BCUT2D eigenvalue weighted by molar-refractivity contribution is 5.73. The van der Waals surface area contributed by atoms with E-state index in [1.165, 1.54) is 23.6 Å². The second-order valence-electron chi connectivity index (χ2n) is 7.22. The predicted octanol–water partition coefficient (Wildman–Crippen LogP) is 5.17. The maximum Gasteiger partial charge on any atom is 0.302 e. The molecule has 1 aromatic rings. The Bertz CT molecular complexity index is 640. The van der Waals surface area contributed by atoms with Gasteiger partial charge in [0.25, 0.3) is 0 Å². The van der Waals surface area contributed by atoms with Crippen LogP contribution in [0.2, 0.25) is 0 Å². The van der Waals surface area contributed by atoms with Crippen LogP contribution >= 0.6 is 0 Å². The second kappa shape index (κ2) is 8.48. The SMILES string of the molecule is CO[C@@](C)(CCC=C(C)C)[C@@H]1C(c2ccccc2)=CC[C@H]1OC(C)=O. The van der Waals surface area contributed by atoms with E-state index in [0.717, 1.165) is 19.3 Å². The first-order valence-corrected chi connectivity index (χ1v) is 8.98. The van der Waals surface area contributed by atoms with Crippen molar-refractivity contribution in [2.75, 3.05) is 7.11 Å². The van der Waals surface area contributed by atoms with E-state index < -0.39 is 5.60 Å². The number of esters is 1. The van der Waals surface area contributed by atoms with Gasteiger partial charge in [-0.05, 0) is 44.7 Å². The molecule has 1 aliphatic carbocycles. The number of methoxy groups -OCH3 is 1. The molecule has 1 aliphatic rings. The predicted molar refractivity (Wildman–Crippen MR) is 102 cm³/mol. The van der Waals surface area contributed by atoms with Gasteiger partial charge < -0.3 is 9.47 Å². The number of rotatable bonds is 7. The molecule has 25 heavy (non-hydrogen) atoms. The highest BCUT2D eigenvalue weighted by Crippen LogP contribution is 2.45. The van der Waals surface area contributed by atoms with Gasteiger partial charge in [-0.15, -0.1) is 0 Å². The monoisotopic (exact) mass is 342 g/mol. The molecule has 0 amide bonds. The number of carbonyl (C=O) groups excluding carboxylic acids is 1. The van der Waals surface area contributed by atoms with Crippen molar-refractivity contribution in [1.29, 1.82) is 0 Å². The minimum Gasteiger partial charge on any atom is -0.461 e. The van der Waals surface area contributed by atoms with Crippen molar-refractivity contribution >= 4 is 11.5 Å². The highest BCUT2D eigenvalue weighted by atomic mass is 16.5. The molecule has 3 nitrogen and oxygen atoms in total.